The number of amides is 2. The van der Waals surface area contributed by atoms with Crippen LogP contribution in [-0.4, -0.2) is 34.1 Å². The molecule has 0 spiro atoms. The first-order valence-electron chi connectivity index (χ1n) is 11.2. The van der Waals surface area contributed by atoms with Gasteiger partial charge in [0, 0.05) is 12.2 Å². The Kier molecular flexibility index (Phi) is 6.63. The topological polar surface area (TPSA) is 76.5 Å². The van der Waals surface area contributed by atoms with Gasteiger partial charge in [-0.15, -0.1) is 0 Å². The second kappa shape index (κ2) is 9.79. The van der Waals surface area contributed by atoms with Gasteiger partial charge in [-0.25, -0.2) is 9.78 Å². The molecule has 174 valence electrons. The molecule has 4 aromatic rings. The van der Waals surface area contributed by atoms with E-state index in [0.29, 0.717) is 40.4 Å². The maximum Gasteiger partial charge on any atom is 0.322 e. The third kappa shape index (κ3) is 4.37. The van der Waals surface area contributed by atoms with Crippen LogP contribution in [-0.2, 0) is 0 Å². The Hall–Kier alpha value is -4.13. The maximum absolute atomic E-state index is 13.7. The molecule has 3 aromatic carbocycles. The van der Waals surface area contributed by atoms with E-state index in [0.717, 1.165) is 5.56 Å². The Morgan fingerprint density at radius 3 is 2.56 bits per heavy atom. The molecule has 1 unspecified atom stereocenters. The third-order valence-electron chi connectivity index (χ3n) is 5.84. The van der Waals surface area contributed by atoms with Crippen molar-refractivity contribution >= 4 is 22.6 Å². The Labute approximate surface area is 198 Å². The SMILES string of the molecule is CCN(C(=O)Nc1cccc(C)c1)C(C)c1nc2ccccc2c(=O)n1-c1ccccc1OC. The number of fused-ring (bicyclic) bond motifs is 1. The number of ether oxygens (including phenoxy) is 1. The number of aromatic nitrogens is 2. The normalized spacial score (nSPS) is 11.8. The zero-order valence-electron chi connectivity index (χ0n) is 19.8. The van der Waals surface area contributed by atoms with Gasteiger partial charge in [0.1, 0.15) is 11.6 Å². The van der Waals surface area contributed by atoms with E-state index in [-0.39, 0.29) is 11.6 Å². The van der Waals surface area contributed by atoms with Gasteiger partial charge >= 0.3 is 6.03 Å². The highest BCUT2D eigenvalue weighted by atomic mass is 16.5. The average Bonchev–Trinajstić information content (AvgIpc) is 2.84. The lowest BCUT2D eigenvalue weighted by molar-refractivity contribution is 0.193. The zero-order valence-corrected chi connectivity index (χ0v) is 19.8. The van der Waals surface area contributed by atoms with Gasteiger partial charge in [0.25, 0.3) is 5.56 Å². The number of hydrogen-bond acceptors (Lipinski definition) is 4. The van der Waals surface area contributed by atoms with Crippen molar-refractivity contribution in [3.05, 3.63) is 94.5 Å². The molecule has 1 aromatic heterocycles. The van der Waals surface area contributed by atoms with Crippen LogP contribution in [0.25, 0.3) is 16.6 Å². The lowest BCUT2D eigenvalue weighted by Crippen LogP contribution is -2.39. The first kappa shape index (κ1) is 23.0. The van der Waals surface area contributed by atoms with Crippen molar-refractivity contribution in [2.24, 2.45) is 0 Å². The fourth-order valence-corrected chi connectivity index (χ4v) is 4.13. The predicted octanol–water partition coefficient (Wildman–Crippen LogP) is 5.32. The molecule has 0 bridgehead atoms. The molecule has 0 fully saturated rings. The molecule has 2 amide bonds. The van der Waals surface area contributed by atoms with E-state index in [4.69, 9.17) is 9.72 Å². The van der Waals surface area contributed by atoms with Crippen LogP contribution in [0.15, 0.2) is 77.6 Å². The molecule has 0 radical (unpaired) electrons. The number of carbonyl (C=O) groups excluding carboxylic acids is 1. The summed E-state index contributed by atoms with van der Waals surface area (Å²) in [6.07, 6.45) is 0. The fraction of sp³-hybridized carbons (Fsp3) is 0.222. The van der Waals surface area contributed by atoms with Crippen LogP contribution in [0.2, 0.25) is 0 Å². The number of hydrogen-bond donors (Lipinski definition) is 1. The molecule has 7 nitrogen and oxygen atoms in total. The standard InChI is InChI=1S/C27H28N4O3/c1-5-30(27(33)28-20-12-10-11-18(2)17-20)19(3)25-29-22-14-7-6-13-21(22)26(32)31(25)23-15-8-9-16-24(23)34-4/h6-17,19H,5H2,1-4H3,(H,28,33). The summed E-state index contributed by atoms with van der Waals surface area (Å²) in [6.45, 7) is 6.18. The molecular weight excluding hydrogens is 428 g/mol. The molecule has 1 heterocycles. The van der Waals surface area contributed by atoms with E-state index < -0.39 is 6.04 Å². The van der Waals surface area contributed by atoms with Crippen molar-refractivity contribution in [1.82, 2.24) is 14.5 Å². The molecule has 1 atom stereocenters. The minimum absolute atomic E-state index is 0.216. The van der Waals surface area contributed by atoms with Crippen molar-refractivity contribution in [2.75, 3.05) is 19.0 Å². The van der Waals surface area contributed by atoms with Gasteiger partial charge < -0.3 is 15.0 Å². The summed E-state index contributed by atoms with van der Waals surface area (Å²) < 4.78 is 7.10. The third-order valence-corrected chi connectivity index (χ3v) is 5.84. The maximum atomic E-state index is 13.7. The highest BCUT2D eigenvalue weighted by molar-refractivity contribution is 5.89. The number of nitrogens with zero attached hydrogens (tertiary/aromatic N) is 3. The fourth-order valence-electron chi connectivity index (χ4n) is 4.13. The summed E-state index contributed by atoms with van der Waals surface area (Å²) in [6, 6.07) is 21.4. The Morgan fingerprint density at radius 2 is 1.82 bits per heavy atom. The summed E-state index contributed by atoms with van der Waals surface area (Å²) in [7, 11) is 1.56. The van der Waals surface area contributed by atoms with Gasteiger partial charge in [-0.05, 0) is 62.7 Å². The molecule has 0 aliphatic carbocycles. The smallest absolute Gasteiger partial charge is 0.322 e. The van der Waals surface area contributed by atoms with E-state index in [2.05, 4.69) is 5.32 Å². The average molecular weight is 457 g/mol. The molecule has 7 heteroatoms. The Morgan fingerprint density at radius 1 is 1.09 bits per heavy atom. The van der Waals surface area contributed by atoms with Crippen molar-refractivity contribution in [3.63, 3.8) is 0 Å². The monoisotopic (exact) mass is 456 g/mol. The number of methoxy groups -OCH3 is 1. The van der Waals surface area contributed by atoms with Gasteiger partial charge in [-0.1, -0.05) is 36.4 Å². The summed E-state index contributed by atoms with van der Waals surface area (Å²) in [5.41, 5.74) is 2.70. The van der Waals surface area contributed by atoms with Crippen LogP contribution in [0.1, 0.15) is 31.3 Å². The molecule has 0 saturated carbocycles. The van der Waals surface area contributed by atoms with E-state index in [9.17, 15) is 9.59 Å². The molecular formula is C27H28N4O3. The van der Waals surface area contributed by atoms with Crippen LogP contribution in [0.3, 0.4) is 0 Å². The zero-order chi connectivity index (χ0) is 24.2. The summed E-state index contributed by atoms with van der Waals surface area (Å²) in [5.74, 6) is 0.997. The van der Waals surface area contributed by atoms with Gasteiger partial charge in [0.2, 0.25) is 0 Å². The van der Waals surface area contributed by atoms with E-state index in [1.165, 1.54) is 0 Å². The van der Waals surface area contributed by atoms with Crippen molar-refractivity contribution in [2.45, 2.75) is 26.8 Å². The number of anilines is 1. The number of nitrogens with one attached hydrogen (secondary N) is 1. The summed E-state index contributed by atoms with van der Waals surface area (Å²) in [5, 5.41) is 3.46. The predicted molar refractivity (Wildman–Crippen MR) is 135 cm³/mol. The summed E-state index contributed by atoms with van der Waals surface area (Å²) >= 11 is 0. The van der Waals surface area contributed by atoms with Crippen LogP contribution in [0.5, 0.6) is 5.75 Å². The summed E-state index contributed by atoms with van der Waals surface area (Å²) in [4.78, 5) is 33.4. The minimum atomic E-state index is -0.503. The van der Waals surface area contributed by atoms with Crippen LogP contribution in [0, 0.1) is 6.92 Å². The van der Waals surface area contributed by atoms with E-state index in [1.54, 1.807) is 28.7 Å². The van der Waals surface area contributed by atoms with Gasteiger partial charge in [0.05, 0.1) is 29.7 Å². The van der Waals surface area contributed by atoms with Gasteiger partial charge in [-0.3, -0.25) is 9.36 Å². The second-order valence-corrected chi connectivity index (χ2v) is 8.06. The van der Waals surface area contributed by atoms with Crippen LogP contribution in [0.4, 0.5) is 10.5 Å². The quantitative estimate of drug-likeness (QED) is 0.426. The lowest BCUT2D eigenvalue weighted by atomic mass is 10.1. The highest BCUT2D eigenvalue weighted by Crippen LogP contribution is 2.28. The Balaban J connectivity index is 1.84. The van der Waals surface area contributed by atoms with Crippen LogP contribution < -0.4 is 15.6 Å². The molecule has 34 heavy (non-hydrogen) atoms. The minimum Gasteiger partial charge on any atom is -0.495 e. The molecule has 0 saturated heterocycles. The van der Waals surface area contributed by atoms with E-state index in [1.807, 2.05) is 81.4 Å². The first-order chi connectivity index (χ1) is 16.4. The lowest BCUT2D eigenvalue weighted by Gasteiger charge is -2.30. The molecule has 0 aliphatic heterocycles. The number of aryl methyl sites for hydroxylation is 1. The van der Waals surface area contributed by atoms with Crippen molar-refractivity contribution in [3.8, 4) is 11.4 Å². The number of carbonyl (C=O) groups is 1. The van der Waals surface area contributed by atoms with Crippen LogP contribution >= 0.6 is 0 Å². The molecule has 1 N–H and O–H groups in total. The van der Waals surface area contributed by atoms with Crippen molar-refractivity contribution < 1.29 is 9.53 Å². The van der Waals surface area contributed by atoms with E-state index >= 15 is 0 Å². The molecule has 4 rings (SSSR count). The molecule has 0 aliphatic rings. The number of benzene rings is 3. The number of para-hydroxylation sites is 3. The second-order valence-electron chi connectivity index (χ2n) is 8.06. The Bertz CT molecular complexity index is 1400. The highest BCUT2D eigenvalue weighted by Gasteiger charge is 2.27. The van der Waals surface area contributed by atoms with Gasteiger partial charge in [-0.2, -0.15) is 0 Å². The number of urea groups is 1. The van der Waals surface area contributed by atoms with Crippen molar-refractivity contribution in [1.29, 1.82) is 0 Å². The largest absolute Gasteiger partial charge is 0.495 e. The van der Waals surface area contributed by atoms with Gasteiger partial charge in [0.15, 0.2) is 0 Å². The first-order valence-corrected chi connectivity index (χ1v) is 11.2. The number of rotatable bonds is 6.